The van der Waals surface area contributed by atoms with Gasteiger partial charge < -0.3 is 19.1 Å². The van der Waals surface area contributed by atoms with Gasteiger partial charge in [-0.3, -0.25) is 0 Å². The minimum Gasteiger partial charge on any atom is -0.466 e. The summed E-state index contributed by atoms with van der Waals surface area (Å²) < 4.78 is 54.6. The zero-order valence-electron chi connectivity index (χ0n) is 12.2. The molecule has 1 aromatic carbocycles. The largest absolute Gasteiger partial charge is 0.466 e. The summed E-state index contributed by atoms with van der Waals surface area (Å²) in [5.41, 5.74) is -1.07. The highest BCUT2D eigenvalue weighted by Gasteiger charge is 2.34. The third-order valence-corrected chi connectivity index (χ3v) is 3.11. The zero-order valence-corrected chi connectivity index (χ0v) is 12.2. The van der Waals surface area contributed by atoms with Gasteiger partial charge in [-0.25, -0.2) is 22.8 Å². The Labute approximate surface area is 129 Å². The number of nitrogens with zero attached hydrogens (tertiary/aromatic N) is 1. The molecule has 0 N–H and O–H groups in total. The average Bonchev–Trinajstić information content (AvgIpc) is 2.56. The van der Waals surface area contributed by atoms with E-state index in [2.05, 4.69) is 9.47 Å². The van der Waals surface area contributed by atoms with E-state index in [9.17, 15) is 22.8 Å². The number of methoxy groups -OCH3 is 2. The number of ether oxygens (including phenoxy) is 3. The summed E-state index contributed by atoms with van der Waals surface area (Å²) >= 11 is 0. The fraction of sp³-hybridized carbons (Fsp3) is 0.286. The molecule has 1 heterocycles. The van der Waals surface area contributed by atoms with Crippen LogP contribution in [0.25, 0.3) is 0 Å². The standard InChI is InChI=1S/C14H12F3NO5/c1-21-13(19)7-5-23-6-18(12(7)14(20)22-2)11-4-9(16)8(15)3-10(11)17/h3-4H,5-6H2,1-2H3. The Morgan fingerprint density at radius 1 is 1.04 bits per heavy atom. The SMILES string of the molecule is COC(=O)C1=C(C(=O)OC)N(c2cc(F)c(F)cc2F)COC1. The second-order valence-electron chi connectivity index (χ2n) is 4.43. The molecule has 0 spiro atoms. The summed E-state index contributed by atoms with van der Waals surface area (Å²) in [6, 6.07) is 0.878. The number of benzene rings is 1. The number of halogens is 3. The molecule has 23 heavy (non-hydrogen) atoms. The average molecular weight is 331 g/mol. The molecule has 0 radical (unpaired) electrons. The van der Waals surface area contributed by atoms with E-state index in [0.717, 1.165) is 19.1 Å². The predicted octanol–water partition coefficient (Wildman–Crippen LogP) is 1.50. The van der Waals surface area contributed by atoms with Gasteiger partial charge in [0.25, 0.3) is 0 Å². The van der Waals surface area contributed by atoms with Crippen LogP contribution in [-0.4, -0.2) is 39.5 Å². The highest BCUT2D eigenvalue weighted by atomic mass is 19.2. The fourth-order valence-electron chi connectivity index (χ4n) is 2.05. The lowest BCUT2D eigenvalue weighted by atomic mass is 10.1. The Balaban J connectivity index is 2.62. The van der Waals surface area contributed by atoms with Crippen LogP contribution in [0.4, 0.5) is 18.9 Å². The molecule has 0 aliphatic carbocycles. The van der Waals surface area contributed by atoms with E-state index in [1.54, 1.807) is 0 Å². The molecule has 0 saturated carbocycles. The second-order valence-corrected chi connectivity index (χ2v) is 4.43. The Bertz CT molecular complexity index is 689. The van der Waals surface area contributed by atoms with Crippen molar-refractivity contribution in [3.63, 3.8) is 0 Å². The summed E-state index contributed by atoms with van der Waals surface area (Å²) in [4.78, 5) is 24.6. The topological polar surface area (TPSA) is 65.1 Å². The van der Waals surface area contributed by atoms with Crippen molar-refractivity contribution in [3.8, 4) is 0 Å². The first-order valence-corrected chi connectivity index (χ1v) is 6.30. The molecule has 9 heteroatoms. The van der Waals surface area contributed by atoms with Gasteiger partial charge in [0, 0.05) is 12.1 Å². The Hall–Kier alpha value is -2.55. The number of hydrogen-bond donors (Lipinski definition) is 0. The molecular formula is C14H12F3NO5. The normalized spacial score (nSPS) is 14.7. The van der Waals surface area contributed by atoms with Gasteiger partial charge in [0.15, 0.2) is 11.6 Å². The van der Waals surface area contributed by atoms with Crippen molar-refractivity contribution in [1.82, 2.24) is 0 Å². The van der Waals surface area contributed by atoms with Gasteiger partial charge in [0.2, 0.25) is 0 Å². The Morgan fingerprint density at radius 3 is 2.26 bits per heavy atom. The lowest BCUT2D eigenvalue weighted by Gasteiger charge is -2.31. The fourth-order valence-corrected chi connectivity index (χ4v) is 2.05. The minimum atomic E-state index is -1.39. The zero-order chi connectivity index (χ0) is 17.1. The molecule has 0 saturated heterocycles. The third-order valence-electron chi connectivity index (χ3n) is 3.11. The van der Waals surface area contributed by atoms with Crippen LogP contribution in [0.2, 0.25) is 0 Å². The van der Waals surface area contributed by atoms with E-state index in [-0.39, 0.29) is 24.6 Å². The van der Waals surface area contributed by atoms with Gasteiger partial charge in [-0.2, -0.15) is 0 Å². The number of esters is 2. The maximum Gasteiger partial charge on any atom is 0.355 e. The van der Waals surface area contributed by atoms with Crippen LogP contribution in [0.1, 0.15) is 0 Å². The second kappa shape index (κ2) is 6.69. The first-order valence-electron chi connectivity index (χ1n) is 6.30. The molecule has 2 rings (SSSR count). The predicted molar refractivity (Wildman–Crippen MR) is 70.7 cm³/mol. The first kappa shape index (κ1) is 16.8. The quantitative estimate of drug-likeness (QED) is 0.618. The summed E-state index contributed by atoms with van der Waals surface area (Å²) in [6.07, 6.45) is 0. The third kappa shape index (κ3) is 3.14. The summed E-state index contributed by atoms with van der Waals surface area (Å²) in [7, 11) is 2.14. The van der Waals surface area contributed by atoms with E-state index in [0.29, 0.717) is 12.1 Å². The summed E-state index contributed by atoms with van der Waals surface area (Å²) in [5.74, 6) is -5.72. The molecule has 0 bridgehead atoms. The van der Waals surface area contributed by atoms with E-state index >= 15 is 0 Å². The molecule has 1 aliphatic heterocycles. The Morgan fingerprint density at radius 2 is 1.65 bits per heavy atom. The van der Waals surface area contributed by atoms with Crippen LogP contribution in [0.5, 0.6) is 0 Å². The van der Waals surface area contributed by atoms with Crippen LogP contribution in [0.15, 0.2) is 23.4 Å². The lowest BCUT2D eigenvalue weighted by molar-refractivity contribution is -0.140. The van der Waals surface area contributed by atoms with E-state index in [1.165, 1.54) is 0 Å². The molecule has 0 aromatic heterocycles. The molecule has 1 aromatic rings. The van der Waals surface area contributed by atoms with Gasteiger partial charge in [-0.05, 0) is 0 Å². The van der Waals surface area contributed by atoms with Crippen LogP contribution in [0.3, 0.4) is 0 Å². The van der Waals surface area contributed by atoms with E-state index in [4.69, 9.17) is 4.74 Å². The first-order chi connectivity index (χ1) is 10.9. The molecule has 0 amide bonds. The van der Waals surface area contributed by atoms with Crippen molar-refractivity contribution in [2.24, 2.45) is 0 Å². The van der Waals surface area contributed by atoms with Crippen LogP contribution in [-0.2, 0) is 23.8 Å². The van der Waals surface area contributed by atoms with Gasteiger partial charge >= 0.3 is 11.9 Å². The maximum atomic E-state index is 14.0. The lowest BCUT2D eigenvalue weighted by Crippen LogP contribution is -2.39. The highest BCUT2D eigenvalue weighted by molar-refractivity contribution is 6.03. The highest BCUT2D eigenvalue weighted by Crippen LogP contribution is 2.30. The van der Waals surface area contributed by atoms with Crippen molar-refractivity contribution < 1.29 is 37.0 Å². The number of carbonyl (C=O) groups is 2. The van der Waals surface area contributed by atoms with Gasteiger partial charge in [-0.1, -0.05) is 0 Å². The number of hydrogen-bond acceptors (Lipinski definition) is 6. The van der Waals surface area contributed by atoms with Gasteiger partial charge in [0.05, 0.1) is 32.1 Å². The van der Waals surface area contributed by atoms with E-state index in [1.807, 2.05) is 0 Å². The summed E-state index contributed by atoms with van der Waals surface area (Å²) in [6.45, 7) is -0.647. The van der Waals surface area contributed by atoms with Crippen molar-refractivity contribution >= 4 is 17.6 Å². The van der Waals surface area contributed by atoms with Gasteiger partial charge in [0.1, 0.15) is 18.2 Å². The molecule has 1 aliphatic rings. The minimum absolute atomic E-state index is 0.227. The summed E-state index contributed by atoms with van der Waals surface area (Å²) in [5, 5.41) is 0. The van der Waals surface area contributed by atoms with Crippen molar-refractivity contribution in [2.45, 2.75) is 0 Å². The van der Waals surface area contributed by atoms with E-state index < -0.39 is 35.1 Å². The molecular weight excluding hydrogens is 319 g/mol. The van der Waals surface area contributed by atoms with Crippen molar-refractivity contribution in [2.75, 3.05) is 32.5 Å². The van der Waals surface area contributed by atoms with Crippen LogP contribution < -0.4 is 4.90 Å². The molecule has 124 valence electrons. The Kier molecular flexibility index (Phi) is 4.89. The monoisotopic (exact) mass is 331 g/mol. The van der Waals surface area contributed by atoms with Crippen LogP contribution in [0, 0.1) is 17.5 Å². The van der Waals surface area contributed by atoms with Gasteiger partial charge in [-0.15, -0.1) is 0 Å². The smallest absolute Gasteiger partial charge is 0.355 e. The van der Waals surface area contributed by atoms with Crippen molar-refractivity contribution in [1.29, 1.82) is 0 Å². The maximum absolute atomic E-state index is 14.0. The molecule has 0 unspecified atom stereocenters. The molecule has 6 nitrogen and oxygen atoms in total. The molecule has 0 atom stereocenters. The van der Waals surface area contributed by atoms with Crippen LogP contribution >= 0.6 is 0 Å². The molecule has 0 fully saturated rings. The number of anilines is 1. The number of carbonyl (C=O) groups excluding carboxylic acids is 2. The van der Waals surface area contributed by atoms with Crippen molar-refractivity contribution in [3.05, 3.63) is 40.9 Å². The number of rotatable bonds is 3.